The Hall–Kier alpha value is -2.20. The molecule has 0 aliphatic heterocycles. The molecule has 0 fully saturated rings. The van der Waals surface area contributed by atoms with Crippen molar-refractivity contribution in [1.29, 1.82) is 0 Å². The standard InChI is InChI=1S/C16H19N5O3S2/c1-5-21-7-17-20-16(21)25-9(4)12-18-13(22)10-8(3)11(15(23)24-6-2)26-14(10)19-12/h7,9H,5-6H2,1-4H3,(H,18,19,22)/t9-/m0/s1. The van der Waals surface area contributed by atoms with Crippen molar-refractivity contribution in [3.8, 4) is 0 Å². The molecule has 3 rings (SSSR count). The number of hydrogen-bond donors (Lipinski definition) is 1. The Morgan fingerprint density at radius 3 is 2.92 bits per heavy atom. The minimum Gasteiger partial charge on any atom is -0.462 e. The van der Waals surface area contributed by atoms with Crippen LogP contribution in [-0.2, 0) is 11.3 Å². The van der Waals surface area contributed by atoms with E-state index in [4.69, 9.17) is 4.74 Å². The van der Waals surface area contributed by atoms with E-state index in [1.807, 2.05) is 18.4 Å². The first-order chi connectivity index (χ1) is 12.5. The molecule has 0 aliphatic carbocycles. The Bertz CT molecular complexity index is 1010. The highest BCUT2D eigenvalue weighted by Gasteiger charge is 2.22. The van der Waals surface area contributed by atoms with E-state index < -0.39 is 5.97 Å². The molecule has 26 heavy (non-hydrogen) atoms. The number of H-pyrrole nitrogens is 1. The van der Waals surface area contributed by atoms with E-state index in [1.165, 1.54) is 23.1 Å². The minimum absolute atomic E-state index is 0.130. The van der Waals surface area contributed by atoms with Crippen molar-refractivity contribution in [3.63, 3.8) is 0 Å². The van der Waals surface area contributed by atoms with Crippen LogP contribution in [0.25, 0.3) is 10.2 Å². The molecular formula is C16H19N5O3S2. The molecule has 3 aromatic rings. The van der Waals surface area contributed by atoms with E-state index in [9.17, 15) is 9.59 Å². The van der Waals surface area contributed by atoms with Gasteiger partial charge in [-0.15, -0.1) is 21.5 Å². The molecule has 1 atom stereocenters. The molecular weight excluding hydrogens is 374 g/mol. The predicted molar refractivity (Wildman–Crippen MR) is 101 cm³/mol. The number of aromatic nitrogens is 5. The van der Waals surface area contributed by atoms with Crippen LogP contribution in [0.5, 0.6) is 0 Å². The molecule has 0 amide bonds. The number of thiophene rings is 1. The normalized spacial score (nSPS) is 12.5. The van der Waals surface area contributed by atoms with Crippen LogP contribution < -0.4 is 5.56 Å². The Balaban J connectivity index is 1.98. The molecule has 0 radical (unpaired) electrons. The van der Waals surface area contributed by atoms with Gasteiger partial charge in [-0.1, -0.05) is 11.8 Å². The molecule has 0 saturated carbocycles. The monoisotopic (exact) mass is 393 g/mol. The van der Waals surface area contributed by atoms with Crippen LogP contribution in [0.4, 0.5) is 0 Å². The largest absolute Gasteiger partial charge is 0.462 e. The summed E-state index contributed by atoms with van der Waals surface area (Å²) in [6, 6.07) is 0. The van der Waals surface area contributed by atoms with Gasteiger partial charge in [0.05, 0.1) is 17.2 Å². The van der Waals surface area contributed by atoms with Crippen LogP contribution in [0, 0.1) is 6.92 Å². The fourth-order valence-electron chi connectivity index (χ4n) is 2.51. The zero-order valence-corrected chi connectivity index (χ0v) is 16.5. The molecule has 0 saturated heterocycles. The van der Waals surface area contributed by atoms with Gasteiger partial charge in [-0.2, -0.15) is 0 Å². The first-order valence-corrected chi connectivity index (χ1v) is 9.90. The van der Waals surface area contributed by atoms with E-state index in [1.54, 1.807) is 20.2 Å². The van der Waals surface area contributed by atoms with Crippen molar-refractivity contribution < 1.29 is 9.53 Å². The lowest BCUT2D eigenvalue weighted by Crippen LogP contribution is -2.13. The van der Waals surface area contributed by atoms with E-state index in [0.29, 0.717) is 26.5 Å². The number of thioether (sulfide) groups is 1. The van der Waals surface area contributed by atoms with Crippen molar-refractivity contribution in [2.75, 3.05) is 6.61 Å². The fraction of sp³-hybridized carbons (Fsp3) is 0.438. The van der Waals surface area contributed by atoms with Gasteiger partial charge in [-0.25, -0.2) is 9.78 Å². The molecule has 0 aromatic carbocycles. The number of aryl methyl sites for hydroxylation is 2. The minimum atomic E-state index is -0.424. The average molecular weight is 393 g/mol. The fourth-order valence-corrected chi connectivity index (χ4v) is 4.54. The molecule has 0 bridgehead atoms. The number of carbonyl (C=O) groups is 1. The molecule has 3 aromatic heterocycles. The molecule has 0 unspecified atom stereocenters. The van der Waals surface area contributed by atoms with Crippen molar-refractivity contribution in [1.82, 2.24) is 24.7 Å². The van der Waals surface area contributed by atoms with Gasteiger partial charge in [0, 0.05) is 6.54 Å². The maximum absolute atomic E-state index is 12.6. The van der Waals surface area contributed by atoms with Gasteiger partial charge < -0.3 is 14.3 Å². The van der Waals surface area contributed by atoms with Gasteiger partial charge in [-0.05, 0) is 33.3 Å². The second-order valence-electron chi connectivity index (χ2n) is 5.57. The zero-order chi connectivity index (χ0) is 18.8. The highest BCUT2D eigenvalue weighted by molar-refractivity contribution is 7.99. The lowest BCUT2D eigenvalue weighted by molar-refractivity contribution is 0.0531. The summed E-state index contributed by atoms with van der Waals surface area (Å²) in [7, 11) is 0. The Morgan fingerprint density at radius 1 is 1.46 bits per heavy atom. The van der Waals surface area contributed by atoms with Gasteiger partial charge in [0.1, 0.15) is 21.9 Å². The third kappa shape index (κ3) is 3.38. The van der Waals surface area contributed by atoms with E-state index >= 15 is 0 Å². The number of ether oxygens (including phenoxy) is 1. The summed E-state index contributed by atoms with van der Waals surface area (Å²) in [6.07, 6.45) is 1.67. The molecule has 3 heterocycles. The average Bonchev–Trinajstić information content (AvgIpc) is 3.19. The molecule has 0 spiro atoms. The van der Waals surface area contributed by atoms with Crippen LogP contribution in [0.1, 0.15) is 47.1 Å². The second kappa shape index (κ2) is 7.58. The van der Waals surface area contributed by atoms with Gasteiger partial charge in [0.25, 0.3) is 5.56 Å². The number of nitrogens with one attached hydrogen (secondary N) is 1. The van der Waals surface area contributed by atoms with Crippen LogP contribution in [0.2, 0.25) is 0 Å². The molecule has 10 heteroatoms. The summed E-state index contributed by atoms with van der Waals surface area (Å²) in [5.41, 5.74) is 0.355. The number of nitrogens with zero attached hydrogens (tertiary/aromatic N) is 4. The number of hydrogen-bond acceptors (Lipinski definition) is 8. The van der Waals surface area contributed by atoms with E-state index in [0.717, 1.165) is 11.7 Å². The maximum atomic E-state index is 12.6. The van der Waals surface area contributed by atoms with E-state index in [2.05, 4.69) is 20.2 Å². The molecule has 8 nitrogen and oxygen atoms in total. The SMILES string of the molecule is CCOC(=O)c1sc2nc([C@H](C)Sc3nncn3CC)[nH]c(=O)c2c1C. The topological polar surface area (TPSA) is 103 Å². The summed E-state index contributed by atoms with van der Waals surface area (Å²) in [6.45, 7) is 8.48. The molecule has 1 N–H and O–H groups in total. The van der Waals surface area contributed by atoms with Crippen molar-refractivity contribution >= 4 is 39.3 Å². The second-order valence-corrected chi connectivity index (χ2v) is 7.87. The lowest BCUT2D eigenvalue weighted by atomic mass is 10.2. The quantitative estimate of drug-likeness (QED) is 0.507. The Labute approximate surface area is 158 Å². The third-order valence-corrected chi connectivity index (χ3v) is 6.14. The van der Waals surface area contributed by atoms with Crippen molar-refractivity contribution in [3.05, 3.63) is 32.9 Å². The highest BCUT2D eigenvalue weighted by atomic mass is 32.2. The summed E-state index contributed by atoms with van der Waals surface area (Å²) in [5, 5.41) is 9.08. The first-order valence-electron chi connectivity index (χ1n) is 8.21. The van der Waals surface area contributed by atoms with Crippen LogP contribution in [0.3, 0.4) is 0 Å². The van der Waals surface area contributed by atoms with E-state index in [-0.39, 0.29) is 17.4 Å². The summed E-state index contributed by atoms with van der Waals surface area (Å²) in [4.78, 5) is 33.0. The molecule has 0 aliphatic rings. The van der Waals surface area contributed by atoms with Gasteiger partial charge in [-0.3, -0.25) is 4.79 Å². The summed E-state index contributed by atoms with van der Waals surface area (Å²) < 4.78 is 6.98. The van der Waals surface area contributed by atoms with Gasteiger partial charge in [0.2, 0.25) is 0 Å². The maximum Gasteiger partial charge on any atom is 0.348 e. The zero-order valence-electron chi connectivity index (χ0n) is 14.9. The van der Waals surface area contributed by atoms with Crippen LogP contribution in [-0.4, -0.2) is 37.3 Å². The van der Waals surface area contributed by atoms with Crippen molar-refractivity contribution in [2.45, 2.75) is 44.6 Å². The summed E-state index contributed by atoms with van der Waals surface area (Å²) in [5.74, 6) is 0.113. The first kappa shape index (κ1) is 18.6. The number of aromatic amines is 1. The van der Waals surface area contributed by atoms with Gasteiger partial charge >= 0.3 is 5.97 Å². The third-order valence-electron chi connectivity index (χ3n) is 3.87. The number of esters is 1. The lowest BCUT2D eigenvalue weighted by Gasteiger charge is -2.10. The van der Waals surface area contributed by atoms with Gasteiger partial charge in [0.15, 0.2) is 5.16 Å². The Kier molecular flexibility index (Phi) is 5.42. The smallest absolute Gasteiger partial charge is 0.348 e. The van der Waals surface area contributed by atoms with Crippen LogP contribution >= 0.6 is 23.1 Å². The predicted octanol–water partition coefficient (Wildman–Crippen LogP) is 2.93. The summed E-state index contributed by atoms with van der Waals surface area (Å²) >= 11 is 2.65. The Morgan fingerprint density at radius 2 is 2.23 bits per heavy atom. The number of rotatable bonds is 6. The van der Waals surface area contributed by atoms with Crippen molar-refractivity contribution in [2.24, 2.45) is 0 Å². The number of fused-ring (bicyclic) bond motifs is 1. The highest BCUT2D eigenvalue weighted by Crippen LogP contribution is 2.33. The van der Waals surface area contributed by atoms with Crippen LogP contribution in [0.15, 0.2) is 16.3 Å². The number of carbonyl (C=O) groups excluding carboxylic acids is 1. The molecule has 138 valence electrons.